The van der Waals surface area contributed by atoms with Gasteiger partial charge in [0.1, 0.15) is 0 Å². The van der Waals surface area contributed by atoms with Crippen LogP contribution in [0.1, 0.15) is 49.8 Å². The molecule has 0 N–H and O–H groups in total. The van der Waals surface area contributed by atoms with E-state index in [4.69, 9.17) is 23.2 Å². The Labute approximate surface area is 171 Å². The molecule has 0 bridgehead atoms. The van der Waals surface area contributed by atoms with Gasteiger partial charge in [-0.25, -0.2) is 4.31 Å². The van der Waals surface area contributed by atoms with Crippen LogP contribution < -0.4 is 0 Å². The minimum atomic E-state index is 0.289. The Morgan fingerprint density at radius 3 is 2.46 bits per heavy atom. The van der Waals surface area contributed by atoms with Crippen molar-refractivity contribution >= 4 is 35.1 Å². The summed E-state index contributed by atoms with van der Waals surface area (Å²) >= 11 is 14.4. The van der Waals surface area contributed by atoms with Crippen molar-refractivity contribution in [2.45, 2.75) is 49.9 Å². The first kappa shape index (κ1) is 19.8. The molecular formula is C22H25Cl2NS. The molecule has 1 nitrogen and oxygen atoms in total. The molecule has 3 atom stereocenters. The first-order valence-corrected chi connectivity index (χ1v) is 10.7. The van der Waals surface area contributed by atoms with Crippen molar-refractivity contribution in [3.8, 4) is 0 Å². The topological polar surface area (TPSA) is 3.24 Å². The van der Waals surface area contributed by atoms with Crippen molar-refractivity contribution in [2.24, 2.45) is 0 Å². The number of allylic oxidation sites excluding steroid dienone is 1. The highest BCUT2D eigenvalue weighted by atomic mass is 35.5. The van der Waals surface area contributed by atoms with Crippen molar-refractivity contribution in [3.05, 3.63) is 82.4 Å². The van der Waals surface area contributed by atoms with Gasteiger partial charge in [-0.1, -0.05) is 65.5 Å². The maximum atomic E-state index is 6.32. The summed E-state index contributed by atoms with van der Waals surface area (Å²) in [5.41, 5.74) is 2.61. The molecule has 0 saturated carbocycles. The van der Waals surface area contributed by atoms with Gasteiger partial charge in [0.2, 0.25) is 0 Å². The SMILES string of the molecule is C=CCC1CC(c2cccc(Cl)c2)C(c2ccc(Cl)cc2)N(C(C)C)S1. The Hall–Kier alpha value is -0.930. The van der Waals surface area contributed by atoms with Gasteiger partial charge < -0.3 is 0 Å². The molecule has 26 heavy (non-hydrogen) atoms. The van der Waals surface area contributed by atoms with Crippen LogP contribution in [0.2, 0.25) is 10.0 Å². The average Bonchev–Trinajstić information content (AvgIpc) is 2.62. The summed E-state index contributed by atoms with van der Waals surface area (Å²) in [6.45, 7) is 8.49. The van der Waals surface area contributed by atoms with Gasteiger partial charge in [-0.3, -0.25) is 0 Å². The summed E-state index contributed by atoms with van der Waals surface area (Å²) in [4.78, 5) is 0. The zero-order chi connectivity index (χ0) is 18.7. The molecule has 138 valence electrons. The van der Waals surface area contributed by atoms with E-state index in [1.165, 1.54) is 11.1 Å². The van der Waals surface area contributed by atoms with E-state index < -0.39 is 0 Å². The Morgan fingerprint density at radius 1 is 1.12 bits per heavy atom. The zero-order valence-electron chi connectivity index (χ0n) is 15.2. The number of hydrogen-bond acceptors (Lipinski definition) is 2. The molecule has 2 aromatic rings. The molecule has 1 heterocycles. The van der Waals surface area contributed by atoms with Gasteiger partial charge in [0, 0.05) is 27.3 Å². The smallest absolute Gasteiger partial charge is 0.0523 e. The Balaban J connectivity index is 2.06. The lowest BCUT2D eigenvalue weighted by Crippen LogP contribution is -2.39. The summed E-state index contributed by atoms with van der Waals surface area (Å²) in [6, 6.07) is 17.3. The minimum absolute atomic E-state index is 0.289. The highest BCUT2D eigenvalue weighted by molar-refractivity contribution is 7.97. The molecule has 2 aromatic carbocycles. The largest absolute Gasteiger partial charge is 0.240 e. The van der Waals surface area contributed by atoms with E-state index >= 15 is 0 Å². The Kier molecular flexibility index (Phi) is 6.74. The molecule has 0 spiro atoms. The second-order valence-electron chi connectivity index (χ2n) is 7.10. The van der Waals surface area contributed by atoms with Gasteiger partial charge in [0.25, 0.3) is 0 Å². The lowest BCUT2D eigenvalue weighted by molar-refractivity contribution is 0.239. The molecule has 1 aliphatic rings. The summed E-state index contributed by atoms with van der Waals surface area (Å²) in [6.07, 6.45) is 4.15. The normalized spacial score (nSPS) is 24.0. The van der Waals surface area contributed by atoms with Crippen LogP contribution in [0, 0.1) is 0 Å². The molecule has 0 radical (unpaired) electrons. The Morgan fingerprint density at radius 2 is 1.85 bits per heavy atom. The van der Waals surface area contributed by atoms with Crippen LogP contribution >= 0.6 is 35.1 Å². The number of halogens is 2. The molecule has 4 heteroatoms. The highest BCUT2D eigenvalue weighted by Crippen LogP contribution is 2.51. The van der Waals surface area contributed by atoms with Crippen LogP contribution in [-0.4, -0.2) is 15.6 Å². The second-order valence-corrected chi connectivity index (χ2v) is 9.27. The van der Waals surface area contributed by atoms with Gasteiger partial charge in [-0.05, 0) is 62.1 Å². The van der Waals surface area contributed by atoms with Gasteiger partial charge in [-0.2, -0.15) is 0 Å². The minimum Gasteiger partial charge on any atom is -0.240 e. The van der Waals surface area contributed by atoms with E-state index in [-0.39, 0.29) is 6.04 Å². The third-order valence-electron chi connectivity index (χ3n) is 4.87. The van der Waals surface area contributed by atoms with Gasteiger partial charge in [0.05, 0.1) is 6.04 Å². The predicted octanol–water partition coefficient (Wildman–Crippen LogP) is 7.53. The van der Waals surface area contributed by atoms with Crippen LogP contribution in [0.25, 0.3) is 0 Å². The quantitative estimate of drug-likeness (QED) is 0.373. The van der Waals surface area contributed by atoms with E-state index in [2.05, 4.69) is 55.1 Å². The first-order chi connectivity index (χ1) is 12.5. The fourth-order valence-corrected chi connectivity index (χ4v) is 5.56. The number of nitrogens with zero attached hydrogens (tertiary/aromatic N) is 1. The molecule has 0 aliphatic carbocycles. The van der Waals surface area contributed by atoms with E-state index in [0.717, 1.165) is 22.9 Å². The van der Waals surface area contributed by atoms with Crippen molar-refractivity contribution in [1.82, 2.24) is 4.31 Å². The highest BCUT2D eigenvalue weighted by Gasteiger charge is 2.39. The van der Waals surface area contributed by atoms with E-state index in [9.17, 15) is 0 Å². The van der Waals surface area contributed by atoms with Crippen molar-refractivity contribution in [1.29, 1.82) is 0 Å². The van der Waals surface area contributed by atoms with E-state index in [1.807, 2.05) is 36.2 Å². The van der Waals surface area contributed by atoms with Crippen molar-refractivity contribution in [3.63, 3.8) is 0 Å². The maximum Gasteiger partial charge on any atom is 0.0523 e. The van der Waals surface area contributed by atoms with Crippen molar-refractivity contribution in [2.75, 3.05) is 0 Å². The van der Waals surface area contributed by atoms with Gasteiger partial charge in [0.15, 0.2) is 0 Å². The molecular weight excluding hydrogens is 381 g/mol. The second kappa shape index (κ2) is 8.84. The molecule has 1 fully saturated rings. The van der Waals surface area contributed by atoms with Crippen LogP contribution in [-0.2, 0) is 0 Å². The van der Waals surface area contributed by atoms with Gasteiger partial charge >= 0.3 is 0 Å². The third-order valence-corrected chi connectivity index (χ3v) is 6.93. The average molecular weight is 406 g/mol. The third kappa shape index (κ3) is 4.48. The molecule has 1 saturated heterocycles. The first-order valence-electron chi connectivity index (χ1n) is 9.06. The number of benzene rings is 2. The summed E-state index contributed by atoms with van der Waals surface area (Å²) < 4.78 is 2.55. The van der Waals surface area contributed by atoms with Crippen LogP contribution in [0.5, 0.6) is 0 Å². The summed E-state index contributed by atoms with van der Waals surface area (Å²) in [5.74, 6) is 0.378. The Bertz CT molecular complexity index is 744. The summed E-state index contributed by atoms with van der Waals surface area (Å²) in [5, 5.41) is 2.10. The number of rotatable bonds is 5. The predicted molar refractivity (Wildman–Crippen MR) is 116 cm³/mol. The van der Waals surface area contributed by atoms with E-state index in [1.54, 1.807) is 0 Å². The fourth-order valence-electron chi connectivity index (χ4n) is 3.73. The molecule has 0 aromatic heterocycles. The number of hydrogen-bond donors (Lipinski definition) is 0. The maximum absolute atomic E-state index is 6.32. The monoisotopic (exact) mass is 405 g/mol. The molecule has 1 aliphatic heterocycles. The zero-order valence-corrected chi connectivity index (χ0v) is 17.6. The van der Waals surface area contributed by atoms with Gasteiger partial charge in [-0.15, -0.1) is 6.58 Å². The van der Waals surface area contributed by atoms with Crippen molar-refractivity contribution < 1.29 is 0 Å². The molecule has 3 unspecified atom stereocenters. The molecule has 3 rings (SSSR count). The summed E-state index contributed by atoms with van der Waals surface area (Å²) in [7, 11) is 0. The van der Waals surface area contributed by atoms with Crippen LogP contribution in [0.15, 0.2) is 61.2 Å². The standard InChI is InChI=1S/C22H25Cl2NS/c1-4-6-20-14-21(17-7-5-8-19(24)13-17)22(25(26-20)15(2)3)16-9-11-18(23)12-10-16/h4-5,7-13,15,20-22H,1,6,14H2,2-3H3. The van der Waals surface area contributed by atoms with Crippen LogP contribution in [0.3, 0.4) is 0 Å². The lowest BCUT2D eigenvalue weighted by Gasteiger charge is -2.46. The molecule has 0 amide bonds. The van der Waals surface area contributed by atoms with Crippen LogP contribution in [0.4, 0.5) is 0 Å². The fraction of sp³-hybridized carbons (Fsp3) is 0.364. The van der Waals surface area contributed by atoms with E-state index in [0.29, 0.717) is 17.2 Å². The lowest BCUT2D eigenvalue weighted by atomic mass is 9.82.